The Kier molecular flexibility index (Phi) is 4.89. The summed E-state index contributed by atoms with van der Waals surface area (Å²) in [4.78, 5) is 0. The van der Waals surface area contributed by atoms with Crippen molar-refractivity contribution in [1.29, 1.82) is 0 Å². The Morgan fingerprint density at radius 2 is 1.76 bits per heavy atom. The molecule has 0 aromatic rings. The fourth-order valence-electron chi connectivity index (χ4n) is 4.19. The molecule has 0 amide bonds. The first-order valence-electron chi connectivity index (χ1n) is 8.75. The Bertz CT molecular complexity index is 327. The van der Waals surface area contributed by atoms with Crippen molar-refractivity contribution >= 4 is 0 Å². The van der Waals surface area contributed by atoms with Crippen LogP contribution in [-0.2, 0) is 14.2 Å². The molecule has 0 bridgehead atoms. The molecular formula is C17H31NO3. The number of rotatable bonds is 3. The van der Waals surface area contributed by atoms with Crippen LogP contribution < -0.4 is 5.73 Å². The summed E-state index contributed by atoms with van der Waals surface area (Å²) in [6, 6.07) is 0. The topological polar surface area (TPSA) is 53.7 Å². The molecule has 0 aromatic carbocycles. The van der Waals surface area contributed by atoms with Gasteiger partial charge < -0.3 is 19.9 Å². The van der Waals surface area contributed by atoms with Gasteiger partial charge in [0.05, 0.1) is 17.3 Å². The van der Waals surface area contributed by atoms with Crippen LogP contribution in [0.4, 0.5) is 0 Å². The maximum atomic E-state index is 6.60. The summed E-state index contributed by atoms with van der Waals surface area (Å²) in [6.45, 7) is 5.47. The second-order valence-electron chi connectivity index (χ2n) is 7.45. The molecule has 1 atom stereocenters. The van der Waals surface area contributed by atoms with Crippen molar-refractivity contribution in [3.05, 3.63) is 0 Å². The molecule has 4 nitrogen and oxygen atoms in total. The Morgan fingerprint density at radius 3 is 2.43 bits per heavy atom. The van der Waals surface area contributed by atoms with Crippen molar-refractivity contribution < 1.29 is 14.2 Å². The second kappa shape index (κ2) is 6.53. The van der Waals surface area contributed by atoms with Gasteiger partial charge in [-0.05, 0) is 50.9 Å². The van der Waals surface area contributed by atoms with E-state index < -0.39 is 0 Å². The van der Waals surface area contributed by atoms with E-state index in [0.29, 0.717) is 12.6 Å². The summed E-state index contributed by atoms with van der Waals surface area (Å²) < 4.78 is 18.2. The van der Waals surface area contributed by atoms with Crippen LogP contribution >= 0.6 is 0 Å². The summed E-state index contributed by atoms with van der Waals surface area (Å²) in [5, 5.41) is 0. The van der Waals surface area contributed by atoms with Gasteiger partial charge in [0.25, 0.3) is 0 Å². The molecule has 3 fully saturated rings. The highest BCUT2D eigenvalue weighted by Crippen LogP contribution is 2.40. The molecule has 4 heteroatoms. The third-order valence-corrected chi connectivity index (χ3v) is 5.83. The lowest BCUT2D eigenvalue weighted by Gasteiger charge is -2.47. The molecule has 2 N–H and O–H groups in total. The van der Waals surface area contributed by atoms with Crippen LogP contribution in [0.15, 0.2) is 0 Å². The number of nitrogens with two attached hydrogens (primary N) is 1. The first-order chi connectivity index (χ1) is 10.2. The molecule has 2 aliphatic heterocycles. The van der Waals surface area contributed by atoms with Gasteiger partial charge in [-0.1, -0.05) is 6.92 Å². The van der Waals surface area contributed by atoms with E-state index in [9.17, 15) is 0 Å². The predicted octanol–water partition coefficient (Wildman–Crippen LogP) is 2.64. The Morgan fingerprint density at radius 1 is 1.05 bits per heavy atom. The van der Waals surface area contributed by atoms with Crippen LogP contribution in [0, 0.1) is 5.92 Å². The highest BCUT2D eigenvalue weighted by atomic mass is 16.5. The lowest BCUT2D eigenvalue weighted by Crippen LogP contribution is -2.51. The quantitative estimate of drug-likeness (QED) is 0.870. The van der Waals surface area contributed by atoms with Crippen LogP contribution in [0.2, 0.25) is 0 Å². The Balaban J connectivity index is 1.60. The molecule has 122 valence electrons. The predicted molar refractivity (Wildman–Crippen MR) is 82.3 cm³/mol. The molecule has 21 heavy (non-hydrogen) atoms. The van der Waals surface area contributed by atoms with Gasteiger partial charge in [-0.25, -0.2) is 0 Å². The molecule has 3 rings (SSSR count). The second-order valence-corrected chi connectivity index (χ2v) is 7.45. The van der Waals surface area contributed by atoms with E-state index in [1.54, 1.807) is 0 Å². The van der Waals surface area contributed by atoms with E-state index in [2.05, 4.69) is 6.92 Å². The summed E-state index contributed by atoms with van der Waals surface area (Å²) in [6.07, 6.45) is 9.12. The summed E-state index contributed by atoms with van der Waals surface area (Å²) in [5.41, 5.74) is 6.04. The van der Waals surface area contributed by atoms with Gasteiger partial charge in [-0.2, -0.15) is 0 Å². The zero-order valence-corrected chi connectivity index (χ0v) is 13.4. The van der Waals surface area contributed by atoms with Crippen LogP contribution in [0.1, 0.15) is 58.3 Å². The van der Waals surface area contributed by atoms with E-state index in [0.717, 1.165) is 64.3 Å². The molecule has 1 spiro atoms. The van der Waals surface area contributed by atoms with Crippen LogP contribution in [-0.4, -0.2) is 43.7 Å². The first kappa shape index (κ1) is 15.7. The minimum Gasteiger partial charge on any atom is -0.381 e. The third-order valence-electron chi connectivity index (χ3n) is 5.83. The third kappa shape index (κ3) is 3.61. The molecule has 0 radical (unpaired) electrons. The minimum absolute atomic E-state index is 0.0128. The van der Waals surface area contributed by atoms with Crippen molar-refractivity contribution in [3.8, 4) is 0 Å². The molecule has 1 unspecified atom stereocenters. The summed E-state index contributed by atoms with van der Waals surface area (Å²) in [7, 11) is 0. The van der Waals surface area contributed by atoms with Crippen molar-refractivity contribution in [2.75, 3.05) is 26.4 Å². The molecule has 0 aromatic heterocycles. The largest absolute Gasteiger partial charge is 0.381 e. The van der Waals surface area contributed by atoms with Gasteiger partial charge in [-0.15, -0.1) is 0 Å². The van der Waals surface area contributed by atoms with E-state index >= 15 is 0 Å². The van der Waals surface area contributed by atoms with Crippen molar-refractivity contribution in [2.45, 2.75) is 75.6 Å². The van der Waals surface area contributed by atoms with E-state index in [1.807, 2.05) is 0 Å². The van der Waals surface area contributed by atoms with Gasteiger partial charge >= 0.3 is 0 Å². The molecular weight excluding hydrogens is 266 g/mol. The smallest absolute Gasteiger partial charge is 0.0808 e. The minimum atomic E-state index is -0.0686. The summed E-state index contributed by atoms with van der Waals surface area (Å²) >= 11 is 0. The molecule has 2 saturated heterocycles. The van der Waals surface area contributed by atoms with Gasteiger partial charge in [0.2, 0.25) is 0 Å². The van der Waals surface area contributed by atoms with Crippen molar-refractivity contribution in [2.24, 2.45) is 11.7 Å². The lowest BCUT2D eigenvalue weighted by molar-refractivity contribution is -0.201. The fourth-order valence-corrected chi connectivity index (χ4v) is 4.19. The SMILES string of the molecule is CC1CCC(CN)(OC2CCOC3(CCOCC3)C2)CC1. The van der Waals surface area contributed by atoms with Gasteiger partial charge in [-0.3, -0.25) is 0 Å². The van der Waals surface area contributed by atoms with Crippen LogP contribution in [0.5, 0.6) is 0 Å². The van der Waals surface area contributed by atoms with Crippen LogP contribution in [0.25, 0.3) is 0 Å². The average molecular weight is 297 g/mol. The highest BCUT2D eigenvalue weighted by Gasteiger charge is 2.43. The Labute approximate surface area is 128 Å². The number of hydrogen-bond donors (Lipinski definition) is 1. The van der Waals surface area contributed by atoms with E-state index in [-0.39, 0.29) is 11.2 Å². The summed E-state index contributed by atoms with van der Waals surface area (Å²) in [5.74, 6) is 0.824. The maximum Gasteiger partial charge on any atom is 0.0808 e. The lowest BCUT2D eigenvalue weighted by atomic mass is 9.78. The molecule has 1 aliphatic carbocycles. The molecule has 3 aliphatic rings. The van der Waals surface area contributed by atoms with E-state index in [4.69, 9.17) is 19.9 Å². The average Bonchev–Trinajstić information content (AvgIpc) is 2.51. The maximum absolute atomic E-state index is 6.60. The van der Waals surface area contributed by atoms with Crippen molar-refractivity contribution in [3.63, 3.8) is 0 Å². The zero-order valence-electron chi connectivity index (χ0n) is 13.4. The fraction of sp³-hybridized carbons (Fsp3) is 1.00. The first-order valence-corrected chi connectivity index (χ1v) is 8.75. The zero-order chi connectivity index (χ0) is 14.8. The normalized spacial score (nSPS) is 40.3. The monoisotopic (exact) mass is 297 g/mol. The standard InChI is InChI=1S/C17H31NO3/c1-14-2-5-17(13-18,6-3-14)21-15-4-9-20-16(12-15)7-10-19-11-8-16/h14-15H,2-13,18H2,1H3. The van der Waals surface area contributed by atoms with Gasteiger partial charge in [0.15, 0.2) is 0 Å². The van der Waals surface area contributed by atoms with E-state index in [1.165, 1.54) is 12.8 Å². The van der Waals surface area contributed by atoms with Crippen LogP contribution in [0.3, 0.4) is 0 Å². The Hall–Kier alpha value is -0.160. The van der Waals surface area contributed by atoms with Crippen molar-refractivity contribution in [1.82, 2.24) is 0 Å². The number of ether oxygens (including phenoxy) is 3. The highest BCUT2D eigenvalue weighted by molar-refractivity contribution is 4.93. The van der Waals surface area contributed by atoms with Gasteiger partial charge in [0.1, 0.15) is 0 Å². The number of hydrogen-bond acceptors (Lipinski definition) is 4. The van der Waals surface area contributed by atoms with Gasteiger partial charge in [0, 0.05) is 32.8 Å². The molecule has 1 saturated carbocycles. The molecule has 2 heterocycles.